The number of rotatable bonds is 3. The van der Waals surface area contributed by atoms with E-state index in [1.54, 1.807) is 0 Å². The average Bonchev–Trinajstić information content (AvgIpc) is 2.33. The van der Waals surface area contributed by atoms with Crippen molar-refractivity contribution in [2.24, 2.45) is 0 Å². The van der Waals surface area contributed by atoms with E-state index in [0.29, 0.717) is 0 Å². The number of aliphatic hydroxyl groups excluding tert-OH is 4. The van der Waals surface area contributed by atoms with Crippen LogP contribution in [0.3, 0.4) is 0 Å². The molecule has 6 nitrogen and oxygen atoms in total. The van der Waals surface area contributed by atoms with Crippen LogP contribution in [0, 0.1) is 0 Å². The lowest BCUT2D eigenvalue weighted by Gasteiger charge is -2.12. The Morgan fingerprint density at radius 1 is 1.36 bits per heavy atom. The van der Waals surface area contributed by atoms with E-state index in [0.717, 1.165) is 0 Å². The zero-order chi connectivity index (χ0) is 10.9. The summed E-state index contributed by atoms with van der Waals surface area (Å²) >= 11 is 0. The van der Waals surface area contributed by atoms with Crippen molar-refractivity contribution in [1.82, 2.24) is 0 Å². The maximum absolute atomic E-state index is 10.8. The summed E-state index contributed by atoms with van der Waals surface area (Å²) in [6.45, 7) is 1.36. The Morgan fingerprint density at radius 3 is 2.29 bits per heavy atom. The normalized spacial score (nSPS) is 41.1. The standard InChI is InChI=1S/C7H14O6P/c1-14(12)4(8)2-3-5(9)6(10)7(11)13-3/h3-11H,2H2,1H3/q+1/t3-,4?,5-,6-,7-/m1/s1. The first kappa shape index (κ1) is 12.0. The van der Waals surface area contributed by atoms with E-state index in [9.17, 15) is 14.8 Å². The molecule has 0 aromatic rings. The van der Waals surface area contributed by atoms with Gasteiger partial charge in [-0.3, -0.25) is 0 Å². The minimum absolute atomic E-state index is 0.0685. The molecule has 1 aliphatic heterocycles. The topological polar surface area (TPSA) is 107 Å². The average molecular weight is 225 g/mol. The number of ether oxygens (including phenoxy) is 1. The van der Waals surface area contributed by atoms with Gasteiger partial charge in [-0.25, -0.2) is 0 Å². The van der Waals surface area contributed by atoms with Crippen LogP contribution < -0.4 is 0 Å². The first-order valence-corrected chi connectivity index (χ1v) is 5.98. The van der Waals surface area contributed by atoms with Crippen molar-refractivity contribution in [2.75, 3.05) is 6.66 Å². The van der Waals surface area contributed by atoms with E-state index in [1.165, 1.54) is 6.66 Å². The summed E-state index contributed by atoms with van der Waals surface area (Å²) in [6, 6.07) is 0. The predicted octanol–water partition coefficient (Wildman–Crippen LogP) is -1.41. The number of hydrogen-bond acceptors (Lipinski definition) is 6. The second-order valence-corrected chi connectivity index (χ2v) is 5.00. The van der Waals surface area contributed by atoms with Crippen molar-refractivity contribution in [2.45, 2.75) is 36.9 Å². The molecule has 82 valence electrons. The predicted molar refractivity (Wildman–Crippen MR) is 47.0 cm³/mol. The van der Waals surface area contributed by atoms with Crippen LogP contribution in [-0.2, 0) is 9.30 Å². The Hall–Kier alpha value is -0.100. The van der Waals surface area contributed by atoms with Crippen molar-refractivity contribution in [3.63, 3.8) is 0 Å². The van der Waals surface area contributed by atoms with Crippen molar-refractivity contribution in [3.8, 4) is 0 Å². The maximum atomic E-state index is 10.8. The molecule has 0 aromatic carbocycles. The molecule has 4 N–H and O–H groups in total. The van der Waals surface area contributed by atoms with Gasteiger partial charge in [0.2, 0.25) is 0 Å². The van der Waals surface area contributed by atoms with Crippen molar-refractivity contribution >= 4 is 7.80 Å². The summed E-state index contributed by atoms with van der Waals surface area (Å²) < 4.78 is 15.6. The molecule has 0 aromatic heterocycles. The zero-order valence-electron chi connectivity index (χ0n) is 7.65. The van der Waals surface area contributed by atoms with Crippen molar-refractivity contribution in [1.29, 1.82) is 0 Å². The Kier molecular flexibility index (Phi) is 3.94. The third-order valence-electron chi connectivity index (χ3n) is 2.20. The van der Waals surface area contributed by atoms with Gasteiger partial charge in [-0.2, -0.15) is 0 Å². The lowest BCUT2D eigenvalue weighted by atomic mass is 10.1. The van der Waals surface area contributed by atoms with Crippen molar-refractivity contribution in [3.05, 3.63) is 0 Å². The van der Waals surface area contributed by atoms with Crippen LogP contribution in [0.1, 0.15) is 6.42 Å². The van der Waals surface area contributed by atoms with Crippen LogP contribution in [0.15, 0.2) is 0 Å². The quantitative estimate of drug-likeness (QED) is 0.440. The van der Waals surface area contributed by atoms with Gasteiger partial charge in [0.25, 0.3) is 5.85 Å². The summed E-state index contributed by atoms with van der Waals surface area (Å²) in [5, 5.41) is 36.7. The SMILES string of the molecule is C[P+](=O)C(O)C[C@H]1O[C@@H](O)[C@H](O)[C@@H]1O. The molecule has 1 aliphatic rings. The van der Waals surface area contributed by atoms with E-state index < -0.39 is 38.2 Å². The minimum atomic E-state index is -1.77. The summed E-state index contributed by atoms with van der Waals surface area (Å²) in [5.41, 5.74) is 0. The highest BCUT2D eigenvalue weighted by atomic mass is 31.1. The fourth-order valence-electron chi connectivity index (χ4n) is 1.28. The summed E-state index contributed by atoms with van der Waals surface area (Å²) in [5.74, 6) is -1.10. The Morgan fingerprint density at radius 2 is 1.93 bits per heavy atom. The van der Waals surface area contributed by atoms with Gasteiger partial charge < -0.3 is 25.2 Å². The maximum Gasteiger partial charge on any atom is 0.366 e. The molecule has 14 heavy (non-hydrogen) atoms. The highest BCUT2D eigenvalue weighted by Gasteiger charge is 2.44. The van der Waals surface area contributed by atoms with Gasteiger partial charge in [-0.1, -0.05) is 4.57 Å². The van der Waals surface area contributed by atoms with Gasteiger partial charge in [-0.15, -0.1) is 0 Å². The smallest absolute Gasteiger partial charge is 0.366 e. The molecule has 1 saturated heterocycles. The number of aliphatic hydroxyl groups is 4. The molecule has 0 spiro atoms. The fraction of sp³-hybridized carbons (Fsp3) is 1.00. The van der Waals surface area contributed by atoms with E-state index in [-0.39, 0.29) is 6.42 Å². The molecule has 2 unspecified atom stereocenters. The summed E-state index contributed by atoms with van der Waals surface area (Å²) in [6.07, 6.45) is -5.02. The first-order chi connectivity index (χ1) is 6.43. The molecular formula is C7H14O6P+. The van der Waals surface area contributed by atoms with Gasteiger partial charge in [0.15, 0.2) is 6.29 Å². The first-order valence-electron chi connectivity index (χ1n) is 4.21. The van der Waals surface area contributed by atoms with Crippen LogP contribution >= 0.6 is 7.80 Å². The second-order valence-electron chi connectivity index (χ2n) is 3.31. The molecule has 0 radical (unpaired) electrons. The molecule has 1 heterocycles. The molecule has 6 atom stereocenters. The van der Waals surface area contributed by atoms with Crippen LogP contribution in [0.4, 0.5) is 0 Å². The lowest BCUT2D eigenvalue weighted by molar-refractivity contribution is -0.129. The Bertz CT molecular complexity index is 222. The van der Waals surface area contributed by atoms with Gasteiger partial charge in [0.1, 0.15) is 18.9 Å². The molecule has 0 aliphatic carbocycles. The van der Waals surface area contributed by atoms with Crippen LogP contribution in [0.5, 0.6) is 0 Å². The highest BCUT2D eigenvalue weighted by Crippen LogP contribution is 2.30. The monoisotopic (exact) mass is 225 g/mol. The van der Waals surface area contributed by atoms with Crippen LogP contribution in [-0.4, -0.2) is 57.5 Å². The van der Waals surface area contributed by atoms with Gasteiger partial charge >= 0.3 is 7.80 Å². The summed E-state index contributed by atoms with van der Waals surface area (Å²) in [4.78, 5) is 0. The third-order valence-corrected chi connectivity index (χ3v) is 3.25. The number of hydrogen-bond donors (Lipinski definition) is 4. The zero-order valence-corrected chi connectivity index (χ0v) is 8.54. The summed E-state index contributed by atoms with van der Waals surface area (Å²) in [7, 11) is -1.77. The van der Waals surface area contributed by atoms with Gasteiger partial charge in [0.05, 0.1) is 6.10 Å². The van der Waals surface area contributed by atoms with Crippen molar-refractivity contribution < 1.29 is 29.7 Å². The molecule has 1 rings (SSSR count). The minimum Gasteiger partial charge on any atom is -0.387 e. The Balaban J connectivity index is 2.51. The molecular weight excluding hydrogens is 211 g/mol. The highest BCUT2D eigenvalue weighted by molar-refractivity contribution is 7.44. The Labute approximate surface area is 81.9 Å². The largest absolute Gasteiger partial charge is 0.387 e. The van der Waals surface area contributed by atoms with Crippen LogP contribution in [0.25, 0.3) is 0 Å². The van der Waals surface area contributed by atoms with Gasteiger partial charge in [-0.05, 0) is 0 Å². The van der Waals surface area contributed by atoms with E-state index in [4.69, 9.17) is 14.9 Å². The molecule has 0 amide bonds. The second kappa shape index (κ2) is 4.61. The van der Waals surface area contributed by atoms with Gasteiger partial charge in [0, 0.05) is 6.42 Å². The molecule has 7 heteroatoms. The third kappa shape index (κ3) is 2.48. The lowest BCUT2D eigenvalue weighted by Crippen LogP contribution is -2.33. The molecule has 0 bridgehead atoms. The van der Waals surface area contributed by atoms with E-state index >= 15 is 0 Å². The van der Waals surface area contributed by atoms with E-state index in [1.807, 2.05) is 0 Å². The molecule has 0 saturated carbocycles. The fourth-order valence-corrected chi connectivity index (χ4v) is 1.78. The molecule has 1 fully saturated rings. The van der Waals surface area contributed by atoms with E-state index in [2.05, 4.69) is 0 Å². The van der Waals surface area contributed by atoms with Crippen LogP contribution in [0.2, 0.25) is 0 Å².